The molecule has 5 nitrogen and oxygen atoms in total. The van der Waals surface area contributed by atoms with Crippen molar-refractivity contribution in [3.05, 3.63) is 41.1 Å². The molecule has 1 aliphatic heterocycles. The molecule has 1 saturated heterocycles. The summed E-state index contributed by atoms with van der Waals surface area (Å²) in [6.45, 7) is 0.579. The number of nitrogens with one attached hydrogen (secondary N) is 2. The summed E-state index contributed by atoms with van der Waals surface area (Å²) in [5.41, 5.74) is 2.22. The second-order valence-corrected chi connectivity index (χ2v) is 7.82. The van der Waals surface area contributed by atoms with Gasteiger partial charge in [0.05, 0.1) is 23.2 Å². The normalized spacial score (nSPS) is 24.6. The summed E-state index contributed by atoms with van der Waals surface area (Å²) in [4.78, 5) is 0.260. The van der Waals surface area contributed by atoms with Gasteiger partial charge in [0.1, 0.15) is 0 Å². The molecule has 0 radical (unpaired) electrons. The van der Waals surface area contributed by atoms with Crippen molar-refractivity contribution in [3.63, 3.8) is 0 Å². The lowest BCUT2D eigenvalue weighted by atomic mass is 9.80. The number of nitrogens with zero attached hydrogens (tertiary/aromatic N) is 1. The van der Waals surface area contributed by atoms with Crippen LogP contribution in [0.1, 0.15) is 36.4 Å². The molecule has 0 aromatic heterocycles. The fourth-order valence-electron chi connectivity index (χ4n) is 3.45. The molecule has 6 heteroatoms. The van der Waals surface area contributed by atoms with Crippen molar-refractivity contribution in [2.75, 3.05) is 12.9 Å². The highest BCUT2D eigenvalue weighted by Crippen LogP contribution is 2.39. The van der Waals surface area contributed by atoms with Gasteiger partial charge in [-0.3, -0.25) is 5.32 Å². The molecule has 3 rings (SSSR count). The molecule has 2 unspecified atom stereocenters. The third-order valence-electron chi connectivity index (χ3n) is 4.40. The van der Waals surface area contributed by atoms with Crippen LogP contribution in [0.4, 0.5) is 0 Å². The Bertz CT molecular complexity index is 762. The molecule has 0 spiro atoms. The van der Waals surface area contributed by atoms with Crippen LogP contribution in [-0.4, -0.2) is 21.3 Å². The van der Waals surface area contributed by atoms with Crippen molar-refractivity contribution in [2.24, 2.45) is 5.92 Å². The van der Waals surface area contributed by atoms with Gasteiger partial charge in [0.2, 0.25) is 0 Å². The Kier molecular flexibility index (Phi) is 3.94. The lowest BCUT2D eigenvalue weighted by Crippen LogP contribution is -2.46. The molecule has 2 aliphatic rings. The van der Waals surface area contributed by atoms with Crippen LogP contribution in [0.2, 0.25) is 0 Å². The second kappa shape index (κ2) is 5.75. The van der Waals surface area contributed by atoms with Gasteiger partial charge < -0.3 is 5.32 Å². The Morgan fingerprint density at radius 1 is 1.36 bits per heavy atom. The van der Waals surface area contributed by atoms with Gasteiger partial charge >= 0.3 is 0 Å². The highest BCUT2D eigenvalue weighted by molar-refractivity contribution is 7.90. The Morgan fingerprint density at radius 2 is 2.18 bits per heavy atom. The first-order valence-corrected chi connectivity index (χ1v) is 9.32. The minimum Gasteiger partial charge on any atom is -0.376 e. The van der Waals surface area contributed by atoms with Crippen molar-refractivity contribution in [1.29, 1.82) is 5.26 Å². The molecule has 1 aromatic rings. The average molecular weight is 317 g/mol. The molecule has 0 amide bonds. The quantitative estimate of drug-likeness (QED) is 0.870. The van der Waals surface area contributed by atoms with Crippen LogP contribution < -0.4 is 10.6 Å². The smallest absolute Gasteiger partial charge is 0.175 e. The first-order chi connectivity index (χ1) is 10.5. The molecule has 1 aliphatic carbocycles. The fourth-order valence-corrected chi connectivity index (χ4v) is 4.41. The topological polar surface area (TPSA) is 82.0 Å². The van der Waals surface area contributed by atoms with Crippen molar-refractivity contribution >= 4 is 9.84 Å². The summed E-state index contributed by atoms with van der Waals surface area (Å²) < 4.78 is 24.3. The summed E-state index contributed by atoms with van der Waals surface area (Å²) >= 11 is 0. The number of nitriles is 1. The van der Waals surface area contributed by atoms with Gasteiger partial charge in [-0.1, -0.05) is 12.1 Å². The number of fused-ring (bicyclic) bond motifs is 1. The van der Waals surface area contributed by atoms with Gasteiger partial charge in [0, 0.05) is 29.5 Å². The lowest BCUT2D eigenvalue weighted by Gasteiger charge is -2.39. The van der Waals surface area contributed by atoms with Crippen LogP contribution >= 0.6 is 0 Å². The maximum absolute atomic E-state index is 12.2. The number of hydrogen-bond acceptors (Lipinski definition) is 5. The summed E-state index contributed by atoms with van der Waals surface area (Å²) in [7, 11) is -3.38. The van der Waals surface area contributed by atoms with Gasteiger partial charge in [-0.2, -0.15) is 5.26 Å². The number of benzene rings is 1. The van der Waals surface area contributed by atoms with Crippen LogP contribution in [0.3, 0.4) is 0 Å². The standard InChI is InChI=1S/C16H19N3O2S/c1-22(20,21)14-8-4-5-11(9-17)15(14)16-12-6-2-3-7-13(12)18-10-19-16/h4-5,7-8,12,16,18-19H,2-3,6,10H2,1H3. The number of allylic oxidation sites excluding steroid dienone is 1. The monoisotopic (exact) mass is 317 g/mol. The Labute approximate surface area is 130 Å². The Balaban J connectivity index is 2.16. The maximum atomic E-state index is 12.2. The summed E-state index contributed by atoms with van der Waals surface area (Å²) in [6, 6.07) is 6.94. The SMILES string of the molecule is CS(=O)(=O)c1cccc(C#N)c1C1NCNC2=CCCCC21. The molecule has 22 heavy (non-hydrogen) atoms. The summed E-state index contributed by atoms with van der Waals surface area (Å²) in [6.07, 6.45) is 6.50. The van der Waals surface area contributed by atoms with Crippen LogP contribution in [0.5, 0.6) is 0 Å². The minimum atomic E-state index is -3.38. The fraction of sp³-hybridized carbons (Fsp3) is 0.438. The molecule has 1 aromatic carbocycles. The van der Waals surface area contributed by atoms with Gasteiger partial charge in [0.15, 0.2) is 9.84 Å². The molecule has 0 bridgehead atoms. The van der Waals surface area contributed by atoms with Crippen LogP contribution in [0.15, 0.2) is 34.9 Å². The van der Waals surface area contributed by atoms with E-state index in [1.165, 1.54) is 12.0 Å². The zero-order valence-corrected chi connectivity index (χ0v) is 13.3. The Hall–Kier alpha value is -1.84. The Morgan fingerprint density at radius 3 is 2.91 bits per heavy atom. The van der Waals surface area contributed by atoms with E-state index in [1.54, 1.807) is 18.2 Å². The summed E-state index contributed by atoms with van der Waals surface area (Å²) in [5, 5.41) is 16.1. The van der Waals surface area contributed by atoms with E-state index in [-0.39, 0.29) is 16.9 Å². The van der Waals surface area contributed by atoms with E-state index in [0.717, 1.165) is 19.3 Å². The molecule has 0 saturated carbocycles. The van der Waals surface area contributed by atoms with Crippen molar-refractivity contribution in [1.82, 2.24) is 10.6 Å². The van der Waals surface area contributed by atoms with E-state index in [2.05, 4.69) is 22.8 Å². The van der Waals surface area contributed by atoms with Gasteiger partial charge in [0.25, 0.3) is 0 Å². The van der Waals surface area contributed by atoms with Crippen LogP contribution in [-0.2, 0) is 9.84 Å². The molecule has 2 atom stereocenters. The molecular formula is C16H19N3O2S. The zero-order valence-electron chi connectivity index (χ0n) is 12.5. The highest BCUT2D eigenvalue weighted by Gasteiger charge is 2.35. The first-order valence-electron chi connectivity index (χ1n) is 7.42. The van der Waals surface area contributed by atoms with E-state index in [4.69, 9.17) is 0 Å². The van der Waals surface area contributed by atoms with Gasteiger partial charge in [-0.15, -0.1) is 0 Å². The average Bonchev–Trinajstić information content (AvgIpc) is 2.52. The van der Waals surface area contributed by atoms with Crippen LogP contribution in [0.25, 0.3) is 0 Å². The van der Waals surface area contributed by atoms with E-state index in [0.29, 0.717) is 17.8 Å². The lowest BCUT2D eigenvalue weighted by molar-refractivity contribution is 0.298. The van der Waals surface area contributed by atoms with E-state index in [9.17, 15) is 13.7 Å². The highest BCUT2D eigenvalue weighted by atomic mass is 32.2. The van der Waals surface area contributed by atoms with Crippen molar-refractivity contribution in [2.45, 2.75) is 30.2 Å². The van der Waals surface area contributed by atoms with Crippen molar-refractivity contribution in [3.8, 4) is 6.07 Å². The van der Waals surface area contributed by atoms with Gasteiger partial charge in [-0.25, -0.2) is 8.42 Å². The largest absolute Gasteiger partial charge is 0.376 e. The maximum Gasteiger partial charge on any atom is 0.175 e. The number of sulfone groups is 1. The molecule has 2 N–H and O–H groups in total. The first kappa shape index (κ1) is 15.1. The third-order valence-corrected chi connectivity index (χ3v) is 5.55. The minimum absolute atomic E-state index is 0.145. The van der Waals surface area contributed by atoms with E-state index < -0.39 is 9.84 Å². The number of rotatable bonds is 2. The molecular weight excluding hydrogens is 298 g/mol. The molecule has 116 valence electrons. The summed E-state index contributed by atoms with van der Waals surface area (Å²) in [5.74, 6) is 0.192. The molecule has 1 fully saturated rings. The van der Waals surface area contributed by atoms with E-state index >= 15 is 0 Å². The third kappa shape index (κ3) is 2.62. The molecule has 1 heterocycles. The number of hydrogen-bond donors (Lipinski definition) is 2. The van der Waals surface area contributed by atoms with E-state index in [1.807, 2.05) is 0 Å². The van der Waals surface area contributed by atoms with Gasteiger partial charge in [-0.05, 0) is 31.4 Å². The zero-order chi connectivity index (χ0) is 15.7. The predicted octanol–water partition coefficient (Wildman–Crippen LogP) is 1.84. The predicted molar refractivity (Wildman–Crippen MR) is 83.6 cm³/mol. The van der Waals surface area contributed by atoms with Crippen molar-refractivity contribution < 1.29 is 8.42 Å². The van der Waals surface area contributed by atoms with Crippen LogP contribution in [0, 0.1) is 17.2 Å². The second-order valence-electron chi connectivity index (χ2n) is 5.83.